The Balaban J connectivity index is 1.43. The quantitative estimate of drug-likeness (QED) is 0.513. The molecule has 20 heavy (non-hydrogen) atoms. The summed E-state index contributed by atoms with van der Waals surface area (Å²) in [5.41, 5.74) is -0.558. The van der Waals surface area contributed by atoms with Gasteiger partial charge in [-0.3, -0.25) is 9.89 Å². The Hall–Kier alpha value is -0.460. The summed E-state index contributed by atoms with van der Waals surface area (Å²) < 4.78 is 0. The molecule has 0 radical (unpaired) electrons. The van der Waals surface area contributed by atoms with E-state index in [9.17, 15) is 5.11 Å². The van der Waals surface area contributed by atoms with E-state index < -0.39 is 5.60 Å². The third-order valence-electron chi connectivity index (χ3n) is 4.51. The van der Waals surface area contributed by atoms with Crippen LogP contribution in [0.15, 0.2) is 4.99 Å². The SMILES string of the molecule is CN=C(NCC1(O)CCSC1)NC1CCN(C2CC2)C1. The number of hydrogen-bond acceptors (Lipinski definition) is 4. The third kappa shape index (κ3) is 3.59. The maximum atomic E-state index is 10.3. The normalized spacial score (nSPS) is 35.5. The van der Waals surface area contributed by atoms with E-state index in [4.69, 9.17) is 0 Å². The van der Waals surface area contributed by atoms with Gasteiger partial charge >= 0.3 is 0 Å². The van der Waals surface area contributed by atoms with Gasteiger partial charge in [0.1, 0.15) is 0 Å². The summed E-state index contributed by atoms with van der Waals surface area (Å²) in [6, 6.07) is 1.35. The van der Waals surface area contributed by atoms with Crippen LogP contribution >= 0.6 is 11.8 Å². The van der Waals surface area contributed by atoms with Crippen molar-refractivity contribution in [3.05, 3.63) is 0 Å². The van der Waals surface area contributed by atoms with Crippen LogP contribution in [0.2, 0.25) is 0 Å². The summed E-state index contributed by atoms with van der Waals surface area (Å²) in [5.74, 6) is 2.72. The first-order valence-electron chi connectivity index (χ1n) is 7.70. The molecule has 5 nitrogen and oxygen atoms in total. The largest absolute Gasteiger partial charge is 0.387 e. The minimum atomic E-state index is -0.558. The molecule has 0 aromatic heterocycles. The molecule has 3 aliphatic rings. The first-order chi connectivity index (χ1) is 9.68. The summed E-state index contributed by atoms with van der Waals surface area (Å²) in [7, 11) is 1.80. The highest BCUT2D eigenvalue weighted by Crippen LogP contribution is 2.30. The molecule has 2 saturated heterocycles. The van der Waals surface area contributed by atoms with Crippen LogP contribution in [-0.4, -0.2) is 71.8 Å². The van der Waals surface area contributed by atoms with Crippen LogP contribution in [0.5, 0.6) is 0 Å². The second kappa shape index (κ2) is 6.12. The van der Waals surface area contributed by atoms with Gasteiger partial charge in [-0.25, -0.2) is 0 Å². The fourth-order valence-corrected chi connectivity index (χ4v) is 4.34. The Morgan fingerprint density at radius 2 is 2.30 bits per heavy atom. The molecule has 114 valence electrons. The number of aliphatic hydroxyl groups is 1. The first kappa shape index (κ1) is 14.5. The zero-order valence-electron chi connectivity index (χ0n) is 12.3. The molecule has 0 aromatic rings. The van der Waals surface area contributed by atoms with Gasteiger partial charge in [-0.1, -0.05) is 0 Å². The van der Waals surface area contributed by atoms with E-state index in [0.717, 1.165) is 36.5 Å². The lowest BCUT2D eigenvalue weighted by Gasteiger charge is -2.24. The standard InChI is InChI=1S/C14H26N4OS/c1-15-13(16-9-14(19)5-7-20-10-14)17-11-4-6-18(8-11)12-2-3-12/h11-12,19H,2-10H2,1H3,(H2,15,16,17). The molecule has 0 amide bonds. The average molecular weight is 298 g/mol. The van der Waals surface area contributed by atoms with Crippen LogP contribution in [0, 0.1) is 0 Å². The van der Waals surface area contributed by atoms with Crippen LogP contribution in [0.25, 0.3) is 0 Å². The summed E-state index contributed by atoms with van der Waals surface area (Å²) in [6.45, 7) is 2.93. The molecule has 2 aliphatic heterocycles. The highest BCUT2D eigenvalue weighted by molar-refractivity contribution is 7.99. The van der Waals surface area contributed by atoms with Crippen LogP contribution in [-0.2, 0) is 0 Å². The van der Waals surface area contributed by atoms with E-state index in [1.807, 2.05) is 11.8 Å². The average Bonchev–Trinajstić information content (AvgIpc) is 3.04. The molecule has 1 aliphatic carbocycles. The van der Waals surface area contributed by atoms with Gasteiger partial charge in [0.25, 0.3) is 0 Å². The lowest BCUT2D eigenvalue weighted by atomic mass is 10.0. The molecule has 0 bridgehead atoms. The van der Waals surface area contributed by atoms with Gasteiger partial charge in [0, 0.05) is 44.5 Å². The number of guanidine groups is 1. The summed E-state index contributed by atoms with van der Waals surface area (Å²) in [6.07, 6.45) is 4.83. The van der Waals surface area contributed by atoms with Gasteiger partial charge in [0.05, 0.1) is 5.60 Å². The van der Waals surface area contributed by atoms with Gasteiger partial charge in [-0.05, 0) is 31.4 Å². The van der Waals surface area contributed by atoms with Crippen molar-refractivity contribution in [3.8, 4) is 0 Å². The number of likely N-dealkylation sites (tertiary alicyclic amines) is 1. The molecule has 1 saturated carbocycles. The van der Waals surface area contributed by atoms with Crippen molar-refractivity contribution in [2.24, 2.45) is 4.99 Å². The van der Waals surface area contributed by atoms with E-state index in [1.165, 1.54) is 25.8 Å². The fraction of sp³-hybridized carbons (Fsp3) is 0.929. The van der Waals surface area contributed by atoms with Crippen molar-refractivity contribution in [2.45, 2.75) is 43.4 Å². The minimum Gasteiger partial charge on any atom is -0.387 e. The number of hydrogen-bond donors (Lipinski definition) is 3. The Morgan fingerprint density at radius 1 is 1.45 bits per heavy atom. The highest BCUT2D eigenvalue weighted by Gasteiger charge is 2.35. The van der Waals surface area contributed by atoms with Crippen molar-refractivity contribution in [1.29, 1.82) is 0 Å². The summed E-state index contributed by atoms with van der Waals surface area (Å²) in [4.78, 5) is 6.88. The molecule has 3 N–H and O–H groups in total. The van der Waals surface area contributed by atoms with E-state index in [0.29, 0.717) is 12.6 Å². The van der Waals surface area contributed by atoms with Gasteiger partial charge in [-0.2, -0.15) is 11.8 Å². The van der Waals surface area contributed by atoms with Crippen molar-refractivity contribution in [3.63, 3.8) is 0 Å². The number of nitrogens with one attached hydrogen (secondary N) is 2. The zero-order valence-corrected chi connectivity index (χ0v) is 13.1. The first-order valence-corrected chi connectivity index (χ1v) is 8.85. The Kier molecular flexibility index (Phi) is 4.43. The molecule has 2 unspecified atom stereocenters. The van der Waals surface area contributed by atoms with Crippen LogP contribution in [0.4, 0.5) is 0 Å². The van der Waals surface area contributed by atoms with E-state index in [2.05, 4.69) is 20.5 Å². The maximum absolute atomic E-state index is 10.3. The zero-order chi connectivity index (χ0) is 14.0. The molecular formula is C14H26N4OS. The van der Waals surface area contributed by atoms with Crippen molar-refractivity contribution >= 4 is 17.7 Å². The molecule has 3 fully saturated rings. The van der Waals surface area contributed by atoms with Gasteiger partial charge in [-0.15, -0.1) is 0 Å². The summed E-state index contributed by atoms with van der Waals surface area (Å²) >= 11 is 1.83. The minimum absolute atomic E-state index is 0.495. The highest BCUT2D eigenvalue weighted by atomic mass is 32.2. The molecule has 0 aromatic carbocycles. The smallest absolute Gasteiger partial charge is 0.191 e. The molecular weight excluding hydrogens is 272 g/mol. The lowest BCUT2D eigenvalue weighted by Crippen LogP contribution is -2.50. The van der Waals surface area contributed by atoms with Gasteiger partial charge < -0.3 is 15.7 Å². The molecule has 6 heteroatoms. The predicted octanol–water partition coefficient (Wildman–Crippen LogP) is 0.256. The monoisotopic (exact) mass is 298 g/mol. The number of nitrogens with zero attached hydrogens (tertiary/aromatic N) is 2. The Bertz CT molecular complexity index is 366. The molecule has 2 heterocycles. The second-order valence-corrected chi connectivity index (χ2v) is 7.41. The fourth-order valence-electron chi connectivity index (χ4n) is 3.05. The predicted molar refractivity (Wildman–Crippen MR) is 84.4 cm³/mol. The second-order valence-electron chi connectivity index (χ2n) is 6.31. The van der Waals surface area contributed by atoms with Crippen molar-refractivity contribution in [1.82, 2.24) is 15.5 Å². The third-order valence-corrected chi connectivity index (χ3v) is 5.75. The summed E-state index contributed by atoms with van der Waals surface area (Å²) in [5, 5.41) is 17.1. The van der Waals surface area contributed by atoms with Crippen LogP contribution in [0.1, 0.15) is 25.7 Å². The van der Waals surface area contributed by atoms with Gasteiger partial charge in [0.15, 0.2) is 5.96 Å². The topological polar surface area (TPSA) is 59.9 Å². The van der Waals surface area contributed by atoms with E-state index in [1.54, 1.807) is 7.05 Å². The molecule has 3 rings (SSSR count). The Morgan fingerprint density at radius 3 is 2.95 bits per heavy atom. The molecule has 0 spiro atoms. The van der Waals surface area contributed by atoms with Crippen LogP contribution in [0.3, 0.4) is 0 Å². The number of aliphatic imine (C=N–C) groups is 1. The number of thioether (sulfide) groups is 1. The lowest BCUT2D eigenvalue weighted by molar-refractivity contribution is 0.0724. The van der Waals surface area contributed by atoms with Crippen molar-refractivity contribution < 1.29 is 5.11 Å². The van der Waals surface area contributed by atoms with Crippen LogP contribution < -0.4 is 10.6 Å². The van der Waals surface area contributed by atoms with E-state index in [-0.39, 0.29) is 0 Å². The van der Waals surface area contributed by atoms with Crippen molar-refractivity contribution in [2.75, 3.05) is 38.2 Å². The number of rotatable bonds is 4. The Labute approximate surface area is 125 Å². The molecule has 2 atom stereocenters. The maximum Gasteiger partial charge on any atom is 0.191 e. The van der Waals surface area contributed by atoms with Gasteiger partial charge in [0.2, 0.25) is 0 Å². The van der Waals surface area contributed by atoms with E-state index >= 15 is 0 Å².